The standard InChI is InChI=1S/C13H21N3O2S/c1-2-11-10-14-13(19-11)16-8-6-15(7-9-16)5-3-4-12(17)18/h10H,2-9H2,1H3,(H,17,18). The van der Waals surface area contributed by atoms with Gasteiger partial charge in [-0.2, -0.15) is 0 Å². The number of anilines is 1. The van der Waals surface area contributed by atoms with Crippen LogP contribution in [0.2, 0.25) is 0 Å². The third kappa shape index (κ3) is 4.18. The Labute approximate surface area is 117 Å². The van der Waals surface area contributed by atoms with Crippen LogP contribution in [-0.4, -0.2) is 53.7 Å². The molecule has 106 valence electrons. The molecule has 2 rings (SSSR count). The zero-order valence-electron chi connectivity index (χ0n) is 11.3. The first kappa shape index (κ1) is 14.3. The van der Waals surface area contributed by atoms with Crippen LogP contribution in [0, 0.1) is 0 Å². The molecule has 0 atom stereocenters. The highest BCUT2D eigenvalue weighted by Gasteiger charge is 2.19. The Morgan fingerprint density at radius 1 is 1.42 bits per heavy atom. The summed E-state index contributed by atoms with van der Waals surface area (Å²) in [5.41, 5.74) is 0. The van der Waals surface area contributed by atoms with Crippen molar-refractivity contribution in [2.75, 3.05) is 37.6 Å². The van der Waals surface area contributed by atoms with Crippen LogP contribution in [0.4, 0.5) is 5.13 Å². The molecule has 2 heterocycles. The maximum Gasteiger partial charge on any atom is 0.303 e. The van der Waals surface area contributed by atoms with Gasteiger partial charge in [0.1, 0.15) is 0 Å². The molecule has 0 radical (unpaired) electrons. The molecule has 19 heavy (non-hydrogen) atoms. The number of aryl methyl sites for hydroxylation is 1. The molecule has 1 aliphatic heterocycles. The van der Waals surface area contributed by atoms with E-state index < -0.39 is 5.97 Å². The summed E-state index contributed by atoms with van der Waals surface area (Å²) < 4.78 is 0. The van der Waals surface area contributed by atoms with Crippen molar-refractivity contribution in [3.8, 4) is 0 Å². The van der Waals surface area contributed by atoms with Crippen LogP contribution >= 0.6 is 11.3 Å². The SMILES string of the molecule is CCc1cnc(N2CCN(CCCC(=O)O)CC2)s1. The molecule has 6 heteroatoms. The number of nitrogens with zero attached hydrogens (tertiary/aromatic N) is 3. The number of piperazine rings is 1. The van der Waals surface area contributed by atoms with Gasteiger partial charge in [-0.15, -0.1) is 11.3 Å². The lowest BCUT2D eigenvalue weighted by atomic mass is 10.2. The van der Waals surface area contributed by atoms with E-state index >= 15 is 0 Å². The van der Waals surface area contributed by atoms with Gasteiger partial charge in [0.2, 0.25) is 0 Å². The zero-order chi connectivity index (χ0) is 13.7. The second-order valence-corrected chi connectivity index (χ2v) is 5.88. The van der Waals surface area contributed by atoms with Gasteiger partial charge in [0.15, 0.2) is 5.13 Å². The molecule has 0 bridgehead atoms. The summed E-state index contributed by atoms with van der Waals surface area (Å²) in [6.45, 7) is 7.02. The lowest BCUT2D eigenvalue weighted by Gasteiger charge is -2.34. The summed E-state index contributed by atoms with van der Waals surface area (Å²) in [5, 5.41) is 9.75. The summed E-state index contributed by atoms with van der Waals surface area (Å²) in [4.78, 5) is 20.9. The van der Waals surface area contributed by atoms with E-state index in [-0.39, 0.29) is 6.42 Å². The van der Waals surface area contributed by atoms with Crippen molar-refractivity contribution in [3.63, 3.8) is 0 Å². The van der Waals surface area contributed by atoms with Crippen LogP contribution < -0.4 is 4.90 Å². The third-order valence-electron chi connectivity index (χ3n) is 3.40. The molecule has 1 saturated heterocycles. The van der Waals surface area contributed by atoms with Gasteiger partial charge in [0, 0.05) is 43.7 Å². The van der Waals surface area contributed by atoms with Gasteiger partial charge in [0.05, 0.1) is 0 Å². The Morgan fingerprint density at radius 3 is 2.74 bits per heavy atom. The fourth-order valence-corrected chi connectivity index (χ4v) is 3.12. The molecule has 0 aliphatic carbocycles. The van der Waals surface area contributed by atoms with Crippen molar-refractivity contribution in [3.05, 3.63) is 11.1 Å². The topological polar surface area (TPSA) is 56.7 Å². The van der Waals surface area contributed by atoms with E-state index in [2.05, 4.69) is 21.7 Å². The highest BCUT2D eigenvalue weighted by molar-refractivity contribution is 7.15. The summed E-state index contributed by atoms with van der Waals surface area (Å²) in [5.74, 6) is -0.700. The summed E-state index contributed by atoms with van der Waals surface area (Å²) in [6, 6.07) is 0. The molecule has 0 spiro atoms. The number of aliphatic carboxylic acids is 1. The van der Waals surface area contributed by atoms with Gasteiger partial charge in [-0.05, 0) is 19.4 Å². The minimum atomic E-state index is -0.700. The van der Waals surface area contributed by atoms with E-state index in [1.165, 1.54) is 4.88 Å². The number of hydrogen-bond donors (Lipinski definition) is 1. The highest BCUT2D eigenvalue weighted by atomic mass is 32.1. The lowest BCUT2D eigenvalue weighted by Crippen LogP contribution is -2.46. The van der Waals surface area contributed by atoms with Crippen LogP contribution in [0.25, 0.3) is 0 Å². The number of carboxylic acid groups (broad SMARTS) is 1. The van der Waals surface area contributed by atoms with E-state index in [0.717, 1.165) is 50.7 Å². The fraction of sp³-hybridized carbons (Fsp3) is 0.692. The third-order valence-corrected chi connectivity index (χ3v) is 4.60. The molecule has 0 amide bonds. The molecule has 1 fully saturated rings. The van der Waals surface area contributed by atoms with Crippen LogP contribution in [0.5, 0.6) is 0 Å². The van der Waals surface area contributed by atoms with Crippen molar-refractivity contribution in [2.24, 2.45) is 0 Å². The summed E-state index contributed by atoms with van der Waals surface area (Å²) in [6.07, 6.45) is 4.03. The zero-order valence-corrected chi connectivity index (χ0v) is 12.2. The molecule has 1 aliphatic rings. The average molecular weight is 283 g/mol. The highest BCUT2D eigenvalue weighted by Crippen LogP contribution is 2.23. The monoisotopic (exact) mass is 283 g/mol. The minimum absolute atomic E-state index is 0.270. The molecule has 1 N–H and O–H groups in total. The van der Waals surface area contributed by atoms with Crippen LogP contribution in [0.15, 0.2) is 6.20 Å². The Balaban J connectivity index is 1.74. The Bertz CT molecular complexity index is 414. The van der Waals surface area contributed by atoms with Gasteiger partial charge in [-0.25, -0.2) is 4.98 Å². The van der Waals surface area contributed by atoms with Crippen molar-refractivity contribution in [2.45, 2.75) is 26.2 Å². The van der Waals surface area contributed by atoms with Crippen LogP contribution in [0.1, 0.15) is 24.6 Å². The van der Waals surface area contributed by atoms with E-state index in [1.807, 2.05) is 6.20 Å². The van der Waals surface area contributed by atoms with E-state index in [4.69, 9.17) is 5.11 Å². The van der Waals surface area contributed by atoms with Crippen molar-refractivity contribution >= 4 is 22.4 Å². The van der Waals surface area contributed by atoms with Gasteiger partial charge in [-0.3, -0.25) is 9.69 Å². The van der Waals surface area contributed by atoms with Crippen LogP contribution in [-0.2, 0) is 11.2 Å². The summed E-state index contributed by atoms with van der Waals surface area (Å²) >= 11 is 1.78. The van der Waals surface area contributed by atoms with Gasteiger partial charge in [-0.1, -0.05) is 6.92 Å². The molecular weight excluding hydrogens is 262 g/mol. The minimum Gasteiger partial charge on any atom is -0.481 e. The number of carboxylic acids is 1. The maximum atomic E-state index is 10.5. The van der Waals surface area contributed by atoms with E-state index in [1.54, 1.807) is 11.3 Å². The second kappa shape index (κ2) is 6.86. The van der Waals surface area contributed by atoms with Gasteiger partial charge >= 0.3 is 5.97 Å². The van der Waals surface area contributed by atoms with Crippen LogP contribution in [0.3, 0.4) is 0 Å². The Hall–Kier alpha value is -1.14. The molecule has 1 aromatic rings. The molecule has 0 unspecified atom stereocenters. The lowest BCUT2D eigenvalue weighted by molar-refractivity contribution is -0.137. The largest absolute Gasteiger partial charge is 0.481 e. The van der Waals surface area contributed by atoms with Gasteiger partial charge < -0.3 is 10.0 Å². The Kier molecular flexibility index (Phi) is 5.15. The van der Waals surface area contributed by atoms with Crippen molar-refractivity contribution in [1.82, 2.24) is 9.88 Å². The second-order valence-electron chi connectivity index (χ2n) is 4.79. The number of hydrogen-bond acceptors (Lipinski definition) is 5. The number of thiazole rings is 1. The van der Waals surface area contributed by atoms with E-state index in [0.29, 0.717) is 0 Å². The Morgan fingerprint density at radius 2 is 2.16 bits per heavy atom. The normalized spacial score (nSPS) is 16.8. The smallest absolute Gasteiger partial charge is 0.303 e. The molecular formula is C13H21N3O2S. The first-order valence-electron chi connectivity index (χ1n) is 6.83. The molecule has 0 saturated carbocycles. The molecule has 5 nitrogen and oxygen atoms in total. The predicted octanol–water partition coefficient (Wildman–Crippen LogP) is 1.69. The number of carbonyl (C=O) groups is 1. The fourth-order valence-electron chi connectivity index (χ4n) is 2.22. The first-order valence-corrected chi connectivity index (χ1v) is 7.64. The summed E-state index contributed by atoms with van der Waals surface area (Å²) in [7, 11) is 0. The predicted molar refractivity (Wildman–Crippen MR) is 77.0 cm³/mol. The first-order chi connectivity index (χ1) is 9.19. The maximum absolute atomic E-state index is 10.5. The molecule has 1 aromatic heterocycles. The quantitative estimate of drug-likeness (QED) is 0.861. The number of rotatable bonds is 6. The number of aromatic nitrogens is 1. The van der Waals surface area contributed by atoms with Gasteiger partial charge in [0.25, 0.3) is 0 Å². The van der Waals surface area contributed by atoms with Crippen molar-refractivity contribution in [1.29, 1.82) is 0 Å². The van der Waals surface area contributed by atoms with Crippen molar-refractivity contribution < 1.29 is 9.90 Å². The average Bonchev–Trinajstić information content (AvgIpc) is 2.88. The molecule has 0 aromatic carbocycles. The van der Waals surface area contributed by atoms with E-state index in [9.17, 15) is 4.79 Å².